The molecule has 5 heteroatoms. The summed E-state index contributed by atoms with van der Waals surface area (Å²) in [5.41, 5.74) is 0.887. The number of hydrogen-bond acceptors (Lipinski definition) is 3. The maximum atomic E-state index is 12.7. The van der Waals surface area contributed by atoms with Crippen molar-refractivity contribution >= 4 is 11.8 Å². The van der Waals surface area contributed by atoms with Gasteiger partial charge in [-0.15, -0.1) is 0 Å². The Morgan fingerprint density at radius 1 is 1.36 bits per heavy atom. The van der Waals surface area contributed by atoms with Gasteiger partial charge in [0.05, 0.1) is 19.4 Å². The van der Waals surface area contributed by atoms with Crippen LogP contribution in [-0.2, 0) is 16.0 Å². The SMILES string of the molecule is CCC[C@@H](C)NC(=O)[C@@H]1CCCN(C(=O)Cc2ccccc2OC)C1. The van der Waals surface area contributed by atoms with Crippen LogP contribution in [0.5, 0.6) is 5.75 Å². The van der Waals surface area contributed by atoms with Gasteiger partial charge in [-0.3, -0.25) is 9.59 Å². The summed E-state index contributed by atoms with van der Waals surface area (Å²) >= 11 is 0. The molecule has 1 fully saturated rings. The van der Waals surface area contributed by atoms with E-state index in [9.17, 15) is 9.59 Å². The molecule has 1 aliphatic rings. The fourth-order valence-corrected chi connectivity index (χ4v) is 3.41. The summed E-state index contributed by atoms with van der Waals surface area (Å²) in [6.45, 7) is 5.39. The van der Waals surface area contributed by atoms with Crippen LogP contribution < -0.4 is 10.1 Å². The first-order chi connectivity index (χ1) is 12.0. The molecule has 1 saturated heterocycles. The molecule has 1 aromatic carbocycles. The Morgan fingerprint density at radius 3 is 2.84 bits per heavy atom. The number of para-hydroxylation sites is 1. The highest BCUT2D eigenvalue weighted by Crippen LogP contribution is 2.21. The average Bonchev–Trinajstić information content (AvgIpc) is 2.62. The number of nitrogens with one attached hydrogen (secondary N) is 1. The smallest absolute Gasteiger partial charge is 0.227 e. The van der Waals surface area contributed by atoms with Gasteiger partial charge < -0.3 is 15.0 Å². The van der Waals surface area contributed by atoms with Crippen molar-refractivity contribution in [1.29, 1.82) is 0 Å². The molecule has 1 aromatic rings. The van der Waals surface area contributed by atoms with Crippen LogP contribution in [0.1, 0.15) is 45.1 Å². The lowest BCUT2D eigenvalue weighted by molar-refractivity contribution is -0.135. The largest absolute Gasteiger partial charge is 0.496 e. The van der Waals surface area contributed by atoms with Crippen LogP contribution in [0.3, 0.4) is 0 Å². The maximum absolute atomic E-state index is 12.7. The van der Waals surface area contributed by atoms with Crippen molar-refractivity contribution in [3.63, 3.8) is 0 Å². The minimum atomic E-state index is -0.102. The summed E-state index contributed by atoms with van der Waals surface area (Å²) in [6, 6.07) is 7.77. The third-order valence-electron chi connectivity index (χ3n) is 4.79. The van der Waals surface area contributed by atoms with E-state index in [-0.39, 0.29) is 23.8 Å². The van der Waals surface area contributed by atoms with Crippen LogP contribution in [-0.4, -0.2) is 43.0 Å². The lowest BCUT2D eigenvalue weighted by atomic mass is 9.96. The predicted octanol–water partition coefficient (Wildman–Crippen LogP) is 2.78. The van der Waals surface area contributed by atoms with Crippen LogP contribution in [0.25, 0.3) is 0 Å². The molecule has 1 aliphatic heterocycles. The normalized spacial score (nSPS) is 18.5. The standard InChI is InChI=1S/C20H30N2O3/c1-4-8-15(2)21-20(24)17-10-7-12-22(14-17)19(23)13-16-9-5-6-11-18(16)25-3/h5-6,9,11,15,17H,4,7-8,10,12-14H2,1-3H3,(H,21,24)/t15-,17-/m1/s1. The molecule has 2 atom stereocenters. The van der Waals surface area contributed by atoms with Gasteiger partial charge >= 0.3 is 0 Å². The molecule has 138 valence electrons. The number of rotatable bonds is 7. The highest BCUT2D eigenvalue weighted by molar-refractivity contribution is 5.82. The fraction of sp³-hybridized carbons (Fsp3) is 0.600. The van der Waals surface area contributed by atoms with Crippen molar-refractivity contribution in [2.24, 2.45) is 5.92 Å². The van der Waals surface area contributed by atoms with Gasteiger partial charge in [-0.25, -0.2) is 0 Å². The van der Waals surface area contributed by atoms with Gasteiger partial charge in [-0.2, -0.15) is 0 Å². The molecule has 1 heterocycles. The highest BCUT2D eigenvalue weighted by Gasteiger charge is 2.29. The molecule has 2 amide bonds. The van der Waals surface area contributed by atoms with Gasteiger partial charge in [0.25, 0.3) is 0 Å². The summed E-state index contributed by atoms with van der Waals surface area (Å²) in [5, 5.41) is 3.08. The van der Waals surface area contributed by atoms with Crippen molar-refractivity contribution in [2.75, 3.05) is 20.2 Å². The van der Waals surface area contributed by atoms with Crippen LogP contribution in [0.2, 0.25) is 0 Å². The third kappa shape index (κ3) is 5.48. The zero-order valence-electron chi connectivity index (χ0n) is 15.6. The summed E-state index contributed by atoms with van der Waals surface area (Å²) in [5.74, 6) is 0.768. The molecule has 0 spiro atoms. The van der Waals surface area contributed by atoms with E-state index in [1.54, 1.807) is 7.11 Å². The molecule has 1 N–H and O–H groups in total. The van der Waals surface area contributed by atoms with E-state index < -0.39 is 0 Å². The molecule has 0 unspecified atom stereocenters. The van der Waals surface area contributed by atoms with Crippen LogP contribution in [0.4, 0.5) is 0 Å². The van der Waals surface area contributed by atoms with Crippen molar-refractivity contribution in [2.45, 2.75) is 52.0 Å². The molecular formula is C20H30N2O3. The average molecular weight is 346 g/mol. The van der Waals surface area contributed by atoms with Gasteiger partial charge in [0.1, 0.15) is 5.75 Å². The van der Waals surface area contributed by atoms with Crippen molar-refractivity contribution in [3.8, 4) is 5.75 Å². The minimum absolute atomic E-state index is 0.0589. The van der Waals surface area contributed by atoms with E-state index in [4.69, 9.17) is 4.74 Å². The molecular weight excluding hydrogens is 316 g/mol. The second-order valence-electron chi connectivity index (χ2n) is 6.87. The second-order valence-corrected chi connectivity index (χ2v) is 6.87. The Morgan fingerprint density at radius 2 is 2.12 bits per heavy atom. The Hall–Kier alpha value is -2.04. The van der Waals surface area contributed by atoms with Crippen molar-refractivity contribution in [1.82, 2.24) is 10.2 Å². The van der Waals surface area contributed by atoms with E-state index in [0.717, 1.165) is 43.5 Å². The first-order valence-corrected chi connectivity index (χ1v) is 9.25. The monoisotopic (exact) mass is 346 g/mol. The molecule has 0 radical (unpaired) electrons. The Kier molecular flexibility index (Phi) is 7.29. The quantitative estimate of drug-likeness (QED) is 0.826. The number of carbonyl (C=O) groups is 2. The zero-order chi connectivity index (χ0) is 18.2. The number of ether oxygens (including phenoxy) is 1. The summed E-state index contributed by atoms with van der Waals surface area (Å²) in [6.07, 6.45) is 4.07. The third-order valence-corrected chi connectivity index (χ3v) is 4.79. The lowest BCUT2D eigenvalue weighted by Gasteiger charge is -2.33. The summed E-state index contributed by atoms with van der Waals surface area (Å²) in [7, 11) is 1.61. The van der Waals surface area contributed by atoms with Crippen LogP contribution in [0.15, 0.2) is 24.3 Å². The zero-order valence-corrected chi connectivity index (χ0v) is 15.6. The van der Waals surface area contributed by atoms with E-state index >= 15 is 0 Å². The van der Waals surface area contributed by atoms with Crippen LogP contribution >= 0.6 is 0 Å². The molecule has 0 bridgehead atoms. The summed E-state index contributed by atoms with van der Waals surface area (Å²) in [4.78, 5) is 26.9. The molecule has 2 rings (SSSR count). The molecule has 25 heavy (non-hydrogen) atoms. The summed E-state index contributed by atoms with van der Waals surface area (Å²) < 4.78 is 5.32. The highest BCUT2D eigenvalue weighted by atomic mass is 16.5. The predicted molar refractivity (Wildman–Crippen MR) is 98.5 cm³/mol. The van der Waals surface area contributed by atoms with Gasteiger partial charge in [-0.1, -0.05) is 31.5 Å². The van der Waals surface area contributed by atoms with E-state index in [1.807, 2.05) is 36.1 Å². The maximum Gasteiger partial charge on any atom is 0.227 e. The van der Waals surface area contributed by atoms with E-state index in [1.165, 1.54) is 0 Å². The number of likely N-dealkylation sites (tertiary alicyclic amines) is 1. The minimum Gasteiger partial charge on any atom is -0.496 e. The number of amides is 2. The van der Waals surface area contributed by atoms with Crippen molar-refractivity contribution < 1.29 is 14.3 Å². The van der Waals surface area contributed by atoms with Gasteiger partial charge in [0, 0.05) is 24.7 Å². The lowest BCUT2D eigenvalue weighted by Crippen LogP contribution is -2.47. The van der Waals surface area contributed by atoms with Gasteiger partial charge in [0.15, 0.2) is 0 Å². The Labute approximate surface area is 150 Å². The number of piperidine rings is 1. The first-order valence-electron chi connectivity index (χ1n) is 9.25. The molecule has 0 aromatic heterocycles. The number of nitrogens with zero attached hydrogens (tertiary/aromatic N) is 1. The number of methoxy groups -OCH3 is 1. The Balaban J connectivity index is 1.93. The van der Waals surface area contributed by atoms with E-state index in [2.05, 4.69) is 12.2 Å². The molecule has 0 saturated carbocycles. The topological polar surface area (TPSA) is 58.6 Å². The number of hydrogen-bond donors (Lipinski definition) is 1. The number of benzene rings is 1. The molecule has 5 nitrogen and oxygen atoms in total. The fourth-order valence-electron chi connectivity index (χ4n) is 3.41. The second kappa shape index (κ2) is 9.44. The van der Waals surface area contributed by atoms with Gasteiger partial charge in [-0.05, 0) is 32.3 Å². The van der Waals surface area contributed by atoms with Crippen molar-refractivity contribution in [3.05, 3.63) is 29.8 Å². The van der Waals surface area contributed by atoms with Gasteiger partial charge in [0.2, 0.25) is 11.8 Å². The van der Waals surface area contributed by atoms with Crippen LogP contribution in [0, 0.1) is 5.92 Å². The Bertz CT molecular complexity index is 588. The number of carbonyl (C=O) groups excluding carboxylic acids is 2. The first kappa shape index (κ1) is 19.3. The molecule has 0 aliphatic carbocycles. The van der Waals surface area contributed by atoms with E-state index in [0.29, 0.717) is 13.0 Å².